The van der Waals surface area contributed by atoms with Gasteiger partial charge in [0.1, 0.15) is 6.61 Å². The number of likely N-dealkylation sites (N-methyl/N-ethyl adjacent to an activating group) is 2. The summed E-state index contributed by atoms with van der Waals surface area (Å²) in [5.74, 6) is -2.04. The Morgan fingerprint density at radius 3 is 1.90 bits per heavy atom. The standard InChI is InChI=1S/C20H22N2O6S/c1-21-19(25)18(17(24)12-23)22(2)20(26)15-6-4-13(5-7-15)14-8-10-16(11-9-14)29(3,27)28/h4-11,18,23H,12H2,1-3H3,(H,21,25). The topological polar surface area (TPSA) is 121 Å². The highest BCUT2D eigenvalue weighted by atomic mass is 32.2. The van der Waals surface area contributed by atoms with E-state index in [9.17, 15) is 22.8 Å². The second kappa shape index (κ2) is 8.97. The molecule has 0 radical (unpaired) electrons. The molecule has 1 atom stereocenters. The zero-order valence-corrected chi connectivity index (χ0v) is 17.1. The summed E-state index contributed by atoms with van der Waals surface area (Å²) in [5, 5.41) is 11.4. The second-order valence-corrected chi connectivity index (χ2v) is 8.45. The van der Waals surface area contributed by atoms with Crippen LogP contribution in [0.15, 0.2) is 53.4 Å². The summed E-state index contributed by atoms with van der Waals surface area (Å²) in [6.07, 6.45) is 1.13. The number of carbonyl (C=O) groups excluding carboxylic acids is 3. The van der Waals surface area contributed by atoms with Crippen molar-refractivity contribution < 1.29 is 27.9 Å². The number of carbonyl (C=O) groups is 3. The van der Waals surface area contributed by atoms with E-state index in [0.29, 0.717) is 0 Å². The molecule has 0 heterocycles. The lowest BCUT2D eigenvalue weighted by Crippen LogP contribution is -2.52. The number of sulfone groups is 1. The fourth-order valence-electron chi connectivity index (χ4n) is 2.78. The molecule has 154 valence electrons. The molecule has 29 heavy (non-hydrogen) atoms. The molecule has 1 unspecified atom stereocenters. The molecule has 0 aliphatic carbocycles. The molecule has 2 amide bonds. The van der Waals surface area contributed by atoms with Crippen LogP contribution in [0.2, 0.25) is 0 Å². The first-order valence-corrected chi connectivity index (χ1v) is 10.5. The number of hydrogen-bond acceptors (Lipinski definition) is 6. The molecule has 0 saturated carbocycles. The smallest absolute Gasteiger partial charge is 0.254 e. The van der Waals surface area contributed by atoms with Crippen molar-refractivity contribution in [1.29, 1.82) is 0 Å². The molecule has 0 fully saturated rings. The first-order valence-electron chi connectivity index (χ1n) is 8.63. The number of rotatable bonds is 7. The van der Waals surface area contributed by atoms with Crippen LogP contribution in [0.4, 0.5) is 0 Å². The fraction of sp³-hybridized carbons (Fsp3) is 0.250. The van der Waals surface area contributed by atoms with Crippen LogP contribution in [0.3, 0.4) is 0 Å². The monoisotopic (exact) mass is 418 g/mol. The molecule has 0 aliphatic heterocycles. The predicted molar refractivity (Wildman–Crippen MR) is 107 cm³/mol. The van der Waals surface area contributed by atoms with E-state index in [1.54, 1.807) is 36.4 Å². The van der Waals surface area contributed by atoms with Crippen LogP contribution in [0, 0.1) is 0 Å². The molecule has 0 spiro atoms. The number of benzene rings is 2. The minimum Gasteiger partial charge on any atom is -0.388 e. The summed E-state index contributed by atoms with van der Waals surface area (Å²) >= 11 is 0. The minimum absolute atomic E-state index is 0.212. The van der Waals surface area contributed by atoms with Gasteiger partial charge in [-0.15, -0.1) is 0 Å². The van der Waals surface area contributed by atoms with E-state index in [0.717, 1.165) is 22.3 Å². The molecular formula is C20H22N2O6S. The van der Waals surface area contributed by atoms with Crippen molar-refractivity contribution in [2.75, 3.05) is 27.0 Å². The average molecular weight is 418 g/mol. The van der Waals surface area contributed by atoms with Crippen LogP contribution in [-0.2, 0) is 19.4 Å². The van der Waals surface area contributed by atoms with E-state index in [2.05, 4.69) is 5.32 Å². The van der Waals surface area contributed by atoms with Gasteiger partial charge in [0.15, 0.2) is 21.7 Å². The highest BCUT2D eigenvalue weighted by molar-refractivity contribution is 7.90. The van der Waals surface area contributed by atoms with Crippen molar-refractivity contribution in [3.8, 4) is 11.1 Å². The summed E-state index contributed by atoms with van der Waals surface area (Å²) < 4.78 is 23.1. The van der Waals surface area contributed by atoms with Gasteiger partial charge in [-0.1, -0.05) is 24.3 Å². The van der Waals surface area contributed by atoms with Gasteiger partial charge in [-0.25, -0.2) is 8.42 Å². The van der Waals surface area contributed by atoms with Gasteiger partial charge in [0, 0.05) is 25.9 Å². The lowest BCUT2D eigenvalue weighted by Gasteiger charge is -2.25. The molecule has 9 heteroatoms. The normalized spacial score (nSPS) is 12.1. The van der Waals surface area contributed by atoms with Crippen LogP contribution < -0.4 is 5.32 Å². The summed E-state index contributed by atoms with van der Waals surface area (Å²) in [5.41, 5.74) is 1.78. The summed E-state index contributed by atoms with van der Waals surface area (Å²) in [6, 6.07) is 11.4. The Morgan fingerprint density at radius 2 is 1.48 bits per heavy atom. The molecule has 2 N–H and O–H groups in total. The van der Waals surface area contributed by atoms with Crippen LogP contribution in [0.25, 0.3) is 11.1 Å². The Morgan fingerprint density at radius 1 is 1.00 bits per heavy atom. The molecule has 0 saturated heterocycles. The molecule has 2 aromatic rings. The van der Waals surface area contributed by atoms with E-state index in [1.807, 2.05) is 0 Å². The second-order valence-electron chi connectivity index (χ2n) is 6.43. The number of aliphatic hydroxyl groups excluding tert-OH is 1. The quantitative estimate of drug-likeness (QED) is 0.632. The third kappa shape index (κ3) is 5.07. The highest BCUT2D eigenvalue weighted by Gasteiger charge is 2.32. The zero-order valence-electron chi connectivity index (χ0n) is 16.2. The van der Waals surface area contributed by atoms with Crippen molar-refractivity contribution >= 4 is 27.4 Å². The number of aliphatic hydroxyl groups is 1. The van der Waals surface area contributed by atoms with Gasteiger partial charge in [-0.3, -0.25) is 14.4 Å². The van der Waals surface area contributed by atoms with Gasteiger partial charge < -0.3 is 15.3 Å². The summed E-state index contributed by atoms with van der Waals surface area (Å²) in [7, 11) is -0.636. The maximum atomic E-state index is 12.7. The lowest BCUT2D eigenvalue weighted by molar-refractivity contribution is -0.135. The van der Waals surface area contributed by atoms with Crippen LogP contribution in [-0.4, -0.2) is 69.0 Å². The third-order valence-electron chi connectivity index (χ3n) is 4.41. The van der Waals surface area contributed by atoms with Crippen LogP contribution >= 0.6 is 0 Å². The van der Waals surface area contributed by atoms with Crippen molar-refractivity contribution in [2.45, 2.75) is 10.9 Å². The van der Waals surface area contributed by atoms with Crippen molar-refractivity contribution in [1.82, 2.24) is 10.2 Å². The van der Waals surface area contributed by atoms with E-state index in [4.69, 9.17) is 5.11 Å². The summed E-state index contributed by atoms with van der Waals surface area (Å²) in [4.78, 5) is 37.7. The van der Waals surface area contributed by atoms with Gasteiger partial charge in [0.25, 0.3) is 5.91 Å². The number of Topliss-reactive ketones (excluding diaryl/α,β-unsaturated/α-hetero) is 1. The van der Waals surface area contributed by atoms with E-state index in [1.165, 1.54) is 26.2 Å². The molecular weight excluding hydrogens is 396 g/mol. The number of amides is 2. The third-order valence-corrected chi connectivity index (χ3v) is 5.54. The maximum absolute atomic E-state index is 12.7. The molecule has 8 nitrogen and oxygen atoms in total. The van der Waals surface area contributed by atoms with Gasteiger partial charge in [0.2, 0.25) is 5.91 Å². The molecule has 0 bridgehead atoms. The number of hydrogen-bond donors (Lipinski definition) is 2. The molecule has 2 aromatic carbocycles. The first-order chi connectivity index (χ1) is 13.6. The van der Waals surface area contributed by atoms with Gasteiger partial charge >= 0.3 is 0 Å². The van der Waals surface area contributed by atoms with E-state index >= 15 is 0 Å². The highest BCUT2D eigenvalue weighted by Crippen LogP contribution is 2.22. The SMILES string of the molecule is CNC(=O)C(C(=O)CO)N(C)C(=O)c1ccc(-c2ccc(S(C)(=O)=O)cc2)cc1. The maximum Gasteiger partial charge on any atom is 0.254 e. The van der Waals surface area contributed by atoms with Crippen molar-refractivity contribution in [3.63, 3.8) is 0 Å². The van der Waals surface area contributed by atoms with Gasteiger partial charge in [-0.05, 0) is 35.4 Å². The average Bonchev–Trinajstić information content (AvgIpc) is 2.72. The Kier molecular flexibility index (Phi) is 6.89. The number of nitrogens with one attached hydrogen (secondary N) is 1. The largest absolute Gasteiger partial charge is 0.388 e. The molecule has 0 aromatic heterocycles. The fourth-order valence-corrected chi connectivity index (χ4v) is 3.41. The summed E-state index contributed by atoms with van der Waals surface area (Å²) in [6.45, 7) is -0.863. The Balaban J connectivity index is 2.25. The lowest BCUT2D eigenvalue weighted by atomic mass is 10.0. The van der Waals surface area contributed by atoms with Crippen molar-refractivity contribution in [2.24, 2.45) is 0 Å². The van der Waals surface area contributed by atoms with Gasteiger partial charge in [-0.2, -0.15) is 0 Å². The van der Waals surface area contributed by atoms with E-state index < -0.39 is 40.1 Å². The predicted octanol–water partition coefficient (Wildman–Crippen LogP) is 0.505. The Hall–Kier alpha value is -3.04. The van der Waals surface area contributed by atoms with Crippen LogP contribution in [0.1, 0.15) is 10.4 Å². The molecule has 2 rings (SSSR count). The minimum atomic E-state index is -3.28. The van der Waals surface area contributed by atoms with Gasteiger partial charge in [0.05, 0.1) is 4.90 Å². The zero-order chi connectivity index (χ0) is 21.8. The van der Waals surface area contributed by atoms with Crippen LogP contribution in [0.5, 0.6) is 0 Å². The first kappa shape index (κ1) is 22.3. The number of nitrogens with zero attached hydrogens (tertiary/aromatic N) is 1. The Labute approximate surface area is 169 Å². The van der Waals surface area contributed by atoms with E-state index in [-0.39, 0.29) is 10.5 Å². The molecule has 0 aliphatic rings. The number of ketones is 1. The van der Waals surface area contributed by atoms with Crippen molar-refractivity contribution in [3.05, 3.63) is 54.1 Å². The Bertz CT molecular complexity index is 998.